The molecule has 4 aliphatic carbocycles. The summed E-state index contributed by atoms with van der Waals surface area (Å²) in [7, 11) is -3.96. The number of pyridine rings is 1. The number of nitrogens with one attached hydrogen (secondary N) is 2. The normalized spacial score (nSPS) is 22.8. The van der Waals surface area contributed by atoms with Crippen LogP contribution < -0.4 is 15.9 Å². The Morgan fingerprint density at radius 1 is 0.922 bits per heavy atom. The van der Waals surface area contributed by atoms with Crippen LogP contribution in [0.2, 0.25) is 0 Å². The highest BCUT2D eigenvalue weighted by atomic mass is 31.2. The number of aromatic nitrogens is 3. The first-order chi connectivity index (χ1) is 23.5. The third kappa shape index (κ3) is 8.23. The van der Waals surface area contributed by atoms with Gasteiger partial charge in [-0.2, -0.15) is 0 Å². The average Bonchev–Trinajstić information content (AvgIpc) is 3.35. The molecular weight excluding hydrogens is 695 g/mol. The van der Waals surface area contributed by atoms with Gasteiger partial charge in [0.15, 0.2) is 5.65 Å². The topological polar surface area (TPSA) is 160 Å². The van der Waals surface area contributed by atoms with Gasteiger partial charge in [0.05, 0.1) is 37.9 Å². The molecule has 0 amide bonds. The second kappa shape index (κ2) is 12.9. The second-order valence-electron chi connectivity index (χ2n) is 17.0. The number of alkyl halides is 4. The van der Waals surface area contributed by atoms with Crippen molar-refractivity contribution in [2.24, 2.45) is 22.7 Å². The summed E-state index contributed by atoms with van der Waals surface area (Å²) in [4.78, 5) is 35.3. The maximum Gasteiger partial charge on any atom is 0.326 e. The number of nitrogen functional groups attached to an aromatic ring is 1. The average molecular weight is 745 g/mol. The van der Waals surface area contributed by atoms with Crippen molar-refractivity contribution < 1.29 is 45.9 Å². The first-order valence-electron chi connectivity index (χ1n) is 17.5. The summed E-state index contributed by atoms with van der Waals surface area (Å²) in [5, 5.41) is 5.76. The number of halogens is 4. The van der Waals surface area contributed by atoms with E-state index in [0.717, 1.165) is 0 Å². The fourth-order valence-corrected chi connectivity index (χ4v) is 11.4. The lowest BCUT2D eigenvalue weighted by Gasteiger charge is -2.57. The van der Waals surface area contributed by atoms with Gasteiger partial charge in [0, 0.05) is 31.9 Å². The number of hydrogen-bond acceptors (Lipinski definition) is 9. The maximum absolute atomic E-state index is 14.7. The molecule has 0 aromatic carbocycles. The number of rotatable bonds is 15. The van der Waals surface area contributed by atoms with E-state index in [9.17, 15) is 31.7 Å². The van der Waals surface area contributed by atoms with Gasteiger partial charge in [-0.1, -0.05) is 0 Å². The minimum Gasteiger partial charge on any atom is -0.464 e. The second-order valence-corrected chi connectivity index (χ2v) is 19.1. The lowest BCUT2D eigenvalue weighted by atomic mass is 9.50. The standard InChI is InChI=1S/C34H49F4N6O6P/c1-21(12-44-19-41-25-24(39)6-7-40-26(25)44)50-20-51(47,42-29(2,3)27(45)48-13-22-8-31(9-22)15-33(35,36)16-31)43-30(4,5)28(46)49-14-23-10-32(11-23)17-34(37,38)18-32/h6-7,19,21-23H,8-18,20H2,1-5H3,(H2,39,40)(H2,42,43,47)/t21-/m1/s1. The third-order valence-corrected chi connectivity index (χ3v) is 13.1. The maximum atomic E-state index is 14.7. The Morgan fingerprint density at radius 3 is 1.84 bits per heavy atom. The van der Waals surface area contributed by atoms with Gasteiger partial charge in [0.2, 0.25) is 19.3 Å². The van der Waals surface area contributed by atoms with Crippen LogP contribution in [0.1, 0.15) is 86.0 Å². The van der Waals surface area contributed by atoms with E-state index in [1.54, 1.807) is 30.1 Å². The van der Waals surface area contributed by atoms with Crippen LogP contribution in [0.25, 0.3) is 11.2 Å². The van der Waals surface area contributed by atoms with Gasteiger partial charge in [0.1, 0.15) is 22.9 Å². The van der Waals surface area contributed by atoms with Crippen LogP contribution in [-0.2, 0) is 34.9 Å². The molecule has 284 valence electrons. The number of esters is 2. The molecule has 51 heavy (non-hydrogen) atoms. The van der Waals surface area contributed by atoms with Gasteiger partial charge < -0.3 is 24.5 Å². The summed E-state index contributed by atoms with van der Waals surface area (Å²) < 4.78 is 87.3. The highest BCUT2D eigenvalue weighted by Crippen LogP contribution is 2.65. The van der Waals surface area contributed by atoms with Gasteiger partial charge in [-0.05, 0) is 89.0 Å². The molecule has 0 aliphatic heterocycles. The van der Waals surface area contributed by atoms with Crippen molar-refractivity contribution in [1.29, 1.82) is 0 Å². The zero-order valence-corrected chi connectivity index (χ0v) is 30.7. The molecule has 0 unspecified atom stereocenters. The summed E-state index contributed by atoms with van der Waals surface area (Å²) in [5.74, 6) is -6.69. The first-order valence-corrected chi connectivity index (χ1v) is 19.4. The molecule has 0 bridgehead atoms. The van der Waals surface area contributed by atoms with Crippen molar-refractivity contribution in [3.05, 3.63) is 18.6 Å². The molecule has 12 nitrogen and oxygen atoms in total. The number of carbonyl (C=O) groups excluding carboxylic acids is 2. The SMILES string of the molecule is C[C@H](Cn1cnc2c(N)ccnc21)OCP(=O)(NC(C)(C)C(=O)OCC1CC2(C1)CC(F)(F)C2)NC(C)(C)C(=O)OCC1CC2(C1)CC(F)(F)C2. The Kier molecular flexibility index (Phi) is 9.63. The zero-order chi connectivity index (χ0) is 37.3. The predicted molar refractivity (Wildman–Crippen MR) is 180 cm³/mol. The van der Waals surface area contributed by atoms with Crippen LogP contribution >= 0.6 is 7.44 Å². The molecule has 6 rings (SSSR count). The van der Waals surface area contributed by atoms with E-state index in [1.807, 2.05) is 0 Å². The van der Waals surface area contributed by atoms with Crippen molar-refractivity contribution in [1.82, 2.24) is 24.7 Å². The van der Waals surface area contributed by atoms with E-state index >= 15 is 0 Å². The first kappa shape index (κ1) is 37.9. The quantitative estimate of drug-likeness (QED) is 0.111. The number of nitrogens with two attached hydrogens (primary N) is 1. The third-order valence-electron chi connectivity index (χ3n) is 10.8. The summed E-state index contributed by atoms with van der Waals surface area (Å²) in [6, 6.07) is 1.64. The van der Waals surface area contributed by atoms with Gasteiger partial charge in [0.25, 0.3) is 0 Å². The smallest absolute Gasteiger partial charge is 0.326 e. The minimum atomic E-state index is -3.96. The summed E-state index contributed by atoms with van der Waals surface area (Å²) in [5.41, 5.74) is 3.79. The van der Waals surface area contributed by atoms with Crippen molar-refractivity contribution in [3.8, 4) is 0 Å². The van der Waals surface area contributed by atoms with Crippen LogP contribution in [0.5, 0.6) is 0 Å². The lowest BCUT2D eigenvalue weighted by molar-refractivity contribution is -0.213. The Morgan fingerprint density at radius 2 is 1.39 bits per heavy atom. The van der Waals surface area contributed by atoms with Gasteiger partial charge in [-0.25, -0.2) is 37.7 Å². The highest BCUT2D eigenvalue weighted by molar-refractivity contribution is 7.59. The van der Waals surface area contributed by atoms with E-state index in [2.05, 4.69) is 20.1 Å². The molecule has 17 heteroatoms. The molecular formula is C34H49F4N6O6P. The van der Waals surface area contributed by atoms with E-state index < -0.39 is 54.8 Å². The molecule has 2 aromatic heterocycles. The van der Waals surface area contributed by atoms with Crippen molar-refractivity contribution in [3.63, 3.8) is 0 Å². The van der Waals surface area contributed by atoms with Crippen molar-refractivity contribution in [2.45, 2.75) is 122 Å². The summed E-state index contributed by atoms with van der Waals surface area (Å²) in [6.45, 7) is 8.13. The number of carbonyl (C=O) groups is 2. The van der Waals surface area contributed by atoms with Crippen LogP contribution in [-0.4, -0.2) is 75.1 Å². The number of nitrogens with zero attached hydrogens (tertiary/aromatic N) is 3. The molecule has 4 aliphatic rings. The Labute approximate surface area is 294 Å². The summed E-state index contributed by atoms with van der Waals surface area (Å²) in [6.07, 6.45) is 3.88. The van der Waals surface area contributed by atoms with E-state index in [4.69, 9.17) is 19.9 Å². The number of hydrogen-bond donors (Lipinski definition) is 3. The number of ether oxygens (including phenoxy) is 3. The van der Waals surface area contributed by atoms with Gasteiger partial charge >= 0.3 is 11.9 Å². The van der Waals surface area contributed by atoms with Crippen molar-refractivity contribution in [2.75, 3.05) is 25.3 Å². The molecule has 0 radical (unpaired) electrons. The Hall–Kier alpha value is -2.81. The van der Waals surface area contributed by atoms with Gasteiger partial charge in [-0.15, -0.1) is 0 Å². The fourth-order valence-electron chi connectivity index (χ4n) is 8.75. The molecule has 2 aromatic rings. The largest absolute Gasteiger partial charge is 0.464 e. The van der Waals surface area contributed by atoms with Crippen LogP contribution in [0.15, 0.2) is 18.6 Å². The van der Waals surface area contributed by atoms with Crippen LogP contribution in [0.4, 0.5) is 23.2 Å². The lowest BCUT2D eigenvalue weighted by Crippen LogP contribution is -2.56. The van der Waals surface area contributed by atoms with Gasteiger partial charge in [-0.3, -0.25) is 14.2 Å². The monoisotopic (exact) mass is 744 g/mol. The van der Waals surface area contributed by atoms with E-state index in [0.29, 0.717) is 42.5 Å². The van der Waals surface area contributed by atoms with Crippen molar-refractivity contribution >= 4 is 36.2 Å². The molecule has 4 saturated carbocycles. The zero-order valence-electron chi connectivity index (χ0n) is 29.8. The molecule has 4 N–H and O–H groups in total. The predicted octanol–water partition coefficient (Wildman–Crippen LogP) is 6.04. The number of anilines is 1. The molecule has 0 saturated heterocycles. The molecule has 2 spiro atoms. The molecule has 1 atom stereocenters. The Bertz CT molecular complexity index is 1610. The molecule has 2 heterocycles. The fraction of sp³-hybridized carbons (Fsp3) is 0.765. The Balaban J connectivity index is 1.07. The summed E-state index contributed by atoms with van der Waals surface area (Å²) >= 11 is 0. The number of imidazole rings is 1. The minimum absolute atomic E-state index is 0.0286. The van der Waals surface area contributed by atoms with Crippen LogP contribution in [0, 0.1) is 22.7 Å². The molecule has 4 fully saturated rings. The van der Waals surface area contributed by atoms with E-state index in [-0.39, 0.29) is 68.1 Å². The number of fused-ring (bicyclic) bond motifs is 1. The van der Waals surface area contributed by atoms with E-state index in [1.165, 1.54) is 27.7 Å². The van der Waals surface area contributed by atoms with Crippen LogP contribution in [0.3, 0.4) is 0 Å². The highest BCUT2D eigenvalue weighted by Gasteiger charge is 2.63.